The van der Waals surface area contributed by atoms with Crippen molar-refractivity contribution in [2.45, 2.75) is 19.3 Å². The Labute approximate surface area is 187 Å². The summed E-state index contributed by atoms with van der Waals surface area (Å²) in [5, 5.41) is 0. The van der Waals surface area contributed by atoms with E-state index in [2.05, 4.69) is 0 Å². The minimum Gasteiger partial charge on any atom is -0.497 e. The second kappa shape index (κ2) is 10.2. The van der Waals surface area contributed by atoms with Gasteiger partial charge in [0.25, 0.3) is 0 Å². The fraction of sp³-hybridized carbons (Fsp3) is 0.360. The van der Waals surface area contributed by atoms with Crippen LogP contribution in [0.5, 0.6) is 23.0 Å². The van der Waals surface area contributed by atoms with Gasteiger partial charge in [0.2, 0.25) is 0 Å². The lowest BCUT2D eigenvalue weighted by Gasteiger charge is -2.31. The summed E-state index contributed by atoms with van der Waals surface area (Å²) < 4.78 is 27.1. The second-order valence-corrected chi connectivity index (χ2v) is 7.30. The molecule has 2 atom stereocenters. The molecule has 0 spiro atoms. The summed E-state index contributed by atoms with van der Waals surface area (Å²) in [5.74, 6) is -0.111. The standard InChI is InChI=1S/C25H28O7/c1-6-32-25(27)23-20(19-8-7-9-22(30-4)24(19)31-5)12-16(13-21(23)26)15-10-17(28-2)14-18(11-15)29-3/h7-11,13-14,20,23H,6,12H2,1-5H3/t20-,23-/m1/s1. The predicted octanol–water partition coefficient (Wildman–Crippen LogP) is 4.04. The zero-order valence-corrected chi connectivity index (χ0v) is 19.0. The third-order valence-electron chi connectivity index (χ3n) is 5.56. The lowest BCUT2D eigenvalue weighted by molar-refractivity contribution is -0.151. The summed E-state index contributed by atoms with van der Waals surface area (Å²) in [6.45, 7) is 1.91. The van der Waals surface area contributed by atoms with Gasteiger partial charge in [0, 0.05) is 17.5 Å². The van der Waals surface area contributed by atoms with Crippen molar-refractivity contribution in [2.24, 2.45) is 5.92 Å². The van der Waals surface area contributed by atoms with Crippen LogP contribution in [0.3, 0.4) is 0 Å². The van der Waals surface area contributed by atoms with Crippen LogP contribution in [0.25, 0.3) is 5.57 Å². The molecule has 0 saturated heterocycles. The topological polar surface area (TPSA) is 80.3 Å². The molecule has 0 N–H and O–H groups in total. The monoisotopic (exact) mass is 440 g/mol. The second-order valence-electron chi connectivity index (χ2n) is 7.30. The zero-order valence-electron chi connectivity index (χ0n) is 19.0. The quantitative estimate of drug-likeness (QED) is 0.453. The molecule has 0 fully saturated rings. The van der Waals surface area contributed by atoms with Gasteiger partial charge >= 0.3 is 5.97 Å². The molecule has 1 aliphatic rings. The number of methoxy groups -OCH3 is 4. The number of esters is 1. The Balaban J connectivity index is 2.14. The van der Waals surface area contributed by atoms with E-state index in [9.17, 15) is 9.59 Å². The number of rotatable bonds is 8. The Morgan fingerprint density at radius 3 is 2.22 bits per heavy atom. The van der Waals surface area contributed by atoms with Crippen LogP contribution in [0, 0.1) is 5.92 Å². The number of allylic oxidation sites excluding steroid dienone is 2. The van der Waals surface area contributed by atoms with Gasteiger partial charge in [0.05, 0.1) is 35.0 Å². The SMILES string of the molecule is CCOC(=O)[C@H]1C(=O)C=C(c2cc(OC)cc(OC)c2)C[C@@H]1c1cccc(OC)c1OC. The fourth-order valence-corrected chi connectivity index (χ4v) is 4.07. The van der Waals surface area contributed by atoms with Crippen molar-refractivity contribution in [2.75, 3.05) is 35.0 Å². The molecule has 0 aliphatic heterocycles. The molecule has 0 radical (unpaired) electrons. The smallest absolute Gasteiger partial charge is 0.317 e. The van der Waals surface area contributed by atoms with Crippen LogP contribution in [0.2, 0.25) is 0 Å². The van der Waals surface area contributed by atoms with Crippen LogP contribution in [0.1, 0.15) is 30.4 Å². The van der Waals surface area contributed by atoms with Crippen LogP contribution in [0.4, 0.5) is 0 Å². The summed E-state index contributed by atoms with van der Waals surface area (Å²) in [5.41, 5.74) is 2.25. The molecule has 7 heteroatoms. The number of carbonyl (C=O) groups excluding carboxylic acids is 2. The van der Waals surface area contributed by atoms with Crippen molar-refractivity contribution in [1.29, 1.82) is 0 Å². The highest BCUT2D eigenvalue weighted by Gasteiger charge is 2.41. The van der Waals surface area contributed by atoms with Gasteiger partial charge in [-0.15, -0.1) is 0 Å². The molecule has 32 heavy (non-hydrogen) atoms. The normalized spacial score (nSPS) is 17.9. The Morgan fingerprint density at radius 1 is 0.969 bits per heavy atom. The lowest BCUT2D eigenvalue weighted by atomic mass is 9.73. The average Bonchev–Trinajstić information content (AvgIpc) is 2.82. The van der Waals surface area contributed by atoms with Crippen molar-refractivity contribution in [3.05, 3.63) is 53.6 Å². The van der Waals surface area contributed by atoms with Crippen LogP contribution < -0.4 is 18.9 Å². The third kappa shape index (κ3) is 4.56. The molecule has 7 nitrogen and oxygen atoms in total. The fourth-order valence-electron chi connectivity index (χ4n) is 4.07. The van der Waals surface area contributed by atoms with E-state index in [-0.39, 0.29) is 12.4 Å². The maximum Gasteiger partial charge on any atom is 0.317 e. The first-order valence-electron chi connectivity index (χ1n) is 10.3. The van der Waals surface area contributed by atoms with Crippen molar-refractivity contribution >= 4 is 17.3 Å². The first kappa shape index (κ1) is 23.2. The van der Waals surface area contributed by atoms with Crippen LogP contribution >= 0.6 is 0 Å². The lowest BCUT2D eigenvalue weighted by Crippen LogP contribution is -2.34. The van der Waals surface area contributed by atoms with Crippen molar-refractivity contribution in [1.82, 2.24) is 0 Å². The Kier molecular flexibility index (Phi) is 7.41. The predicted molar refractivity (Wildman–Crippen MR) is 120 cm³/mol. The molecule has 2 aromatic carbocycles. The van der Waals surface area contributed by atoms with Crippen LogP contribution in [-0.2, 0) is 14.3 Å². The molecule has 3 rings (SSSR count). The minimum absolute atomic E-state index is 0.189. The summed E-state index contributed by atoms with van der Waals surface area (Å²) >= 11 is 0. The number of ketones is 1. The molecular formula is C25H28O7. The molecule has 0 aromatic heterocycles. The molecular weight excluding hydrogens is 412 g/mol. The Morgan fingerprint density at radius 2 is 1.66 bits per heavy atom. The number of hydrogen-bond acceptors (Lipinski definition) is 7. The van der Waals surface area contributed by atoms with Gasteiger partial charge < -0.3 is 23.7 Å². The molecule has 0 unspecified atom stereocenters. The Bertz CT molecular complexity index is 1000. The average molecular weight is 440 g/mol. The van der Waals surface area contributed by atoms with Gasteiger partial charge in [-0.05, 0) is 48.8 Å². The van der Waals surface area contributed by atoms with Gasteiger partial charge in [-0.1, -0.05) is 12.1 Å². The maximum atomic E-state index is 13.2. The van der Waals surface area contributed by atoms with Gasteiger partial charge in [0.15, 0.2) is 17.3 Å². The summed E-state index contributed by atoms with van der Waals surface area (Å²) in [4.78, 5) is 26.0. The molecule has 1 aliphatic carbocycles. The van der Waals surface area contributed by atoms with Crippen molar-refractivity contribution in [3.63, 3.8) is 0 Å². The van der Waals surface area contributed by atoms with E-state index in [1.54, 1.807) is 40.4 Å². The number of para-hydroxylation sites is 1. The molecule has 0 saturated carbocycles. The highest BCUT2D eigenvalue weighted by atomic mass is 16.5. The van der Waals surface area contributed by atoms with Gasteiger partial charge in [-0.3, -0.25) is 9.59 Å². The first-order chi connectivity index (χ1) is 15.5. The van der Waals surface area contributed by atoms with Crippen LogP contribution in [-0.4, -0.2) is 46.8 Å². The first-order valence-corrected chi connectivity index (χ1v) is 10.3. The van der Waals surface area contributed by atoms with E-state index in [4.69, 9.17) is 23.7 Å². The number of benzene rings is 2. The summed E-state index contributed by atoms with van der Waals surface area (Å²) in [6, 6.07) is 10.9. The van der Waals surface area contributed by atoms with E-state index in [1.165, 1.54) is 13.2 Å². The number of hydrogen-bond donors (Lipinski definition) is 0. The third-order valence-corrected chi connectivity index (χ3v) is 5.56. The summed E-state index contributed by atoms with van der Waals surface area (Å²) in [7, 11) is 6.22. The molecule has 0 heterocycles. The van der Waals surface area contributed by atoms with Crippen LogP contribution in [0.15, 0.2) is 42.5 Å². The minimum atomic E-state index is -0.979. The van der Waals surface area contributed by atoms with E-state index in [1.807, 2.05) is 24.3 Å². The largest absolute Gasteiger partial charge is 0.497 e. The Hall–Kier alpha value is -3.48. The van der Waals surface area contributed by atoms with E-state index in [0.29, 0.717) is 35.0 Å². The number of ether oxygens (including phenoxy) is 5. The maximum absolute atomic E-state index is 13.2. The van der Waals surface area contributed by atoms with Gasteiger partial charge in [-0.2, -0.15) is 0 Å². The highest BCUT2D eigenvalue weighted by Crippen LogP contribution is 2.46. The molecule has 0 amide bonds. The highest BCUT2D eigenvalue weighted by molar-refractivity contribution is 6.10. The van der Waals surface area contributed by atoms with E-state index < -0.39 is 17.8 Å². The number of carbonyl (C=O) groups is 2. The molecule has 170 valence electrons. The zero-order chi connectivity index (χ0) is 23.3. The summed E-state index contributed by atoms with van der Waals surface area (Å²) in [6.07, 6.45) is 1.92. The van der Waals surface area contributed by atoms with Crippen molar-refractivity contribution in [3.8, 4) is 23.0 Å². The van der Waals surface area contributed by atoms with E-state index >= 15 is 0 Å². The van der Waals surface area contributed by atoms with Gasteiger partial charge in [-0.25, -0.2) is 0 Å². The van der Waals surface area contributed by atoms with Gasteiger partial charge in [0.1, 0.15) is 17.4 Å². The van der Waals surface area contributed by atoms with E-state index in [0.717, 1.165) is 11.1 Å². The van der Waals surface area contributed by atoms with Crippen molar-refractivity contribution < 1.29 is 33.3 Å². The molecule has 2 aromatic rings. The molecule has 0 bridgehead atoms.